The first-order valence-corrected chi connectivity index (χ1v) is 16.1. The van der Waals surface area contributed by atoms with Crippen LogP contribution < -0.4 is 5.32 Å². The maximum absolute atomic E-state index is 12.7. The molecule has 1 N–H and O–H groups in total. The van der Waals surface area contributed by atoms with Gasteiger partial charge in [0.05, 0.1) is 18.8 Å². The summed E-state index contributed by atoms with van der Waals surface area (Å²) in [5, 5.41) is 3.10. The second kappa shape index (κ2) is 7.87. The molecule has 2 aliphatic heterocycles. The van der Waals surface area contributed by atoms with E-state index in [-0.39, 0.29) is 18.1 Å². The Bertz CT molecular complexity index is 550. The van der Waals surface area contributed by atoms with Crippen molar-refractivity contribution in [2.75, 3.05) is 6.61 Å². The van der Waals surface area contributed by atoms with Crippen molar-refractivity contribution in [3.63, 3.8) is 0 Å². The topological polar surface area (TPSA) is 66.0 Å². The van der Waals surface area contributed by atoms with Gasteiger partial charge in [0, 0.05) is 0 Å². The van der Waals surface area contributed by atoms with Gasteiger partial charge in [-0.15, -0.1) is 0 Å². The minimum absolute atomic E-state index is 0.132. The zero-order valence-corrected chi connectivity index (χ0v) is 20.7. The number of amides is 1. The smallest absolute Gasteiger partial charge is 0.252 e. The maximum atomic E-state index is 12.7. The lowest BCUT2D eigenvalue weighted by atomic mass is 9.96. The van der Waals surface area contributed by atoms with E-state index in [1.54, 1.807) is 0 Å². The number of ether oxygens (including phenoxy) is 2. The van der Waals surface area contributed by atoms with Crippen LogP contribution in [0.3, 0.4) is 0 Å². The Hall–Kier alpha value is -0.256. The molecule has 6 nitrogen and oxygen atoms in total. The predicted octanol–water partition coefficient (Wildman–Crippen LogP) is 3.64. The molecule has 2 heterocycles. The Morgan fingerprint density at radius 1 is 1.04 bits per heavy atom. The number of hydrogen-bond donors (Lipinski definition) is 1. The number of carbonyl (C=O) groups is 1. The van der Waals surface area contributed by atoms with Crippen molar-refractivity contribution in [2.45, 2.75) is 109 Å². The van der Waals surface area contributed by atoms with Crippen LogP contribution in [-0.4, -0.2) is 59.3 Å². The lowest BCUT2D eigenvalue weighted by Gasteiger charge is -2.43. The lowest BCUT2D eigenvalue weighted by molar-refractivity contribution is -0.156. The first-order chi connectivity index (χ1) is 12.2. The van der Waals surface area contributed by atoms with Gasteiger partial charge in [0.2, 0.25) is 0 Å². The van der Waals surface area contributed by atoms with Gasteiger partial charge in [0.25, 0.3) is 5.91 Å². The van der Waals surface area contributed by atoms with Gasteiger partial charge in [0.1, 0.15) is 6.10 Å². The van der Waals surface area contributed by atoms with E-state index in [1.165, 1.54) is 0 Å². The van der Waals surface area contributed by atoms with Crippen molar-refractivity contribution in [1.82, 2.24) is 5.32 Å². The van der Waals surface area contributed by atoms with Crippen LogP contribution in [0.1, 0.15) is 41.5 Å². The summed E-state index contributed by atoms with van der Waals surface area (Å²) in [4.78, 5) is 12.7. The summed E-state index contributed by atoms with van der Waals surface area (Å²) in [7, 11) is -3.79. The molecule has 8 heteroatoms. The van der Waals surface area contributed by atoms with Crippen LogP contribution >= 0.6 is 0 Å². The van der Waals surface area contributed by atoms with Gasteiger partial charge in [-0.2, -0.15) is 0 Å². The molecule has 0 aromatic heterocycles. The van der Waals surface area contributed by atoms with Crippen molar-refractivity contribution in [1.29, 1.82) is 0 Å². The minimum Gasteiger partial charge on any atom is -0.415 e. The van der Waals surface area contributed by atoms with Gasteiger partial charge in [-0.3, -0.25) is 4.79 Å². The van der Waals surface area contributed by atoms with E-state index >= 15 is 0 Å². The quantitative estimate of drug-likeness (QED) is 0.641. The lowest BCUT2D eigenvalue weighted by Crippen LogP contribution is -2.66. The summed E-state index contributed by atoms with van der Waals surface area (Å²) in [6.45, 7) is 21.8. The average Bonchev–Trinajstić information content (AvgIpc) is 2.84. The molecular weight excluding hydrogens is 378 g/mol. The maximum Gasteiger partial charge on any atom is 0.252 e. The highest BCUT2D eigenvalue weighted by molar-refractivity contribution is 6.72. The van der Waals surface area contributed by atoms with Crippen LogP contribution in [0.4, 0.5) is 0 Å². The van der Waals surface area contributed by atoms with Crippen LogP contribution in [0.5, 0.6) is 0 Å². The van der Waals surface area contributed by atoms with Gasteiger partial charge in [-0.25, -0.2) is 0 Å². The summed E-state index contributed by atoms with van der Waals surface area (Å²) in [5.41, 5.74) is 0.947. The normalized spacial score (nSPS) is 31.3. The van der Waals surface area contributed by atoms with E-state index in [4.69, 9.17) is 18.3 Å². The fraction of sp³-hybridized carbons (Fsp3) is 0.947. The number of hydrogen-bond acceptors (Lipinski definition) is 5. The van der Waals surface area contributed by atoms with Gasteiger partial charge < -0.3 is 23.6 Å². The van der Waals surface area contributed by atoms with Crippen molar-refractivity contribution in [3.05, 3.63) is 0 Å². The highest BCUT2D eigenvalue weighted by Crippen LogP contribution is 2.37. The molecule has 4 atom stereocenters. The van der Waals surface area contributed by atoms with Crippen LogP contribution in [0, 0.1) is 0 Å². The van der Waals surface area contributed by atoms with Crippen LogP contribution in [0.25, 0.3) is 0 Å². The van der Waals surface area contributed by atoms with Crippen LogP contribution in [-0.2, 0) is 23.1 Å². The zero-order valence-electron chi connectivity index (χ0n) is 18.7. The second-order valence-electron chi connectivity index (χ2n) is 10.0. The molecule has 0 aromatic carbocycles. The number of nitrogens with one attached hydrogen (secondary N) is 1. The van der Waals surface area contributed by atoms with Crippen molar-refractivity contribution in [2.24, 2.45) is 0 Å². The third-order valence-corrected chi connectivity index (χ3v) is 13.6. The van der Waals surface area contributed by atoms with Gasteiger partial charge >= 0.3 is 0 Å². The molecule has 0 saturated carbocycles. The SMILES string of the molecule is CC(C)[Si](C)(C)OC[C@H]1NC(=O)[C@H]2OC(C)(C)O[C@H]2[C@@H]1O[Si](C)(C)C(C)C. The predicted molar refractivity (Wildman–Crippen MR) is 112 cm³/mol. The molecule has 0 aliphatic carbocycles. The molecule has 0 unspecified atom stereocenters. The molecular formula is C19H39NO5Si2. The molecule has 2 aliphatic rings. The van der Waals surface area contributed by atoms with E-state index in [2.05, 4.69) is 59.2 Å². The number of piperidine rings is 1. The van der Waals surface area contributed by atoms with Crippen molar-refractivity contribution < 1.29 is 23.1 Å². The van der Waals surface area contributed by atoms with E-state index in [1.807, 2.05) is 13.8 Å². The second-order valence-corrected chi connectivity index (χ2v) is 19.3. The highest BCUT2D eigenvalue weighted by atomic mass is 28.4. The molecule has 0 aromatic rings. The van der Waals surface area contributed by atoms with Gasteiger partial charge in [-0.1, -0.05) is 27.7 Å². The molecule has 0 bridgehead atoms. The fourth-order valence-electron chi connectivity index (χ4n) is 3.05. The Kier molecular flexibility index (Phi) is 6.71. The van der Waals surface area contributed by atoms with Crippen LogP contribution in [0.15, 0.2) is 0 Å². The summed E-state index contributed by atoms with van der Waals surface area (Å²) < 4.78 is 25.0. The first kappa shape index (κ1) is 23.0. The molecule has 0 radical (unpaired) electrons. The summed E-state index contributed by atoms with van der Waals surface area (Å²) in [5.74, 6) is -0.924. The summed E-state index contributed by atoms with van der Waals surface area (Å²) >= 11 is 0. The van der Waals surface area contributed by atoms with Gasteiger partial charge in [0.15, 0.2) is 28.5 Å². The third kappa shape index (κ3) is 5.22. The number of fused-ring (bicyclic) bond motifs is 1. The third-order valence-electron chi connectivity index (χ3n) is 6.29. The minimum atomic E-state index is -1.97. The Morgan fingerprint density at radius 3 is 2.11 bits per heavy atom. The molecule has 1 amide bonds. The Labute approximate surface area is 166 Å². The van der Waals surface area contributed by atoms with Crippen molar-refractivity contribution in [3.8, 4) is 0 Å². The van der Waals surface area contributed by atoms with E-state index in [0.29, 0.717) is 17.7 Å². The zero-order chi connectivity index (χ0) is 20.8. The van der Waals surface area contributed by atoms with E-state index < -0.39 is 34.6 Å². The largest absolute Gasteiger partial charge is 0.415 e. The highest BCUT2D eigenvalue weighted by Gasteiger charge is 2.56. The molecule has 27 heavy (non-hydrogen) atoms. The van der Waals surface area contributed by atoms with E-state index in [9.17, 15) is 4.79 Å². The van der Waals surface area contributed by atoms with Gasteiger partial charge in [-0.05, 0) is 51.1 Å². The van der Waals surface area contributed by atoms with E-state index in [0.717, 1.165) is 0 Å². The average molecular weight is 418 g/mol. The molecule has 158 valence electrons. The number of rotatable bonds is 7. The van der Waals surface area contributed by atoms with Crippen LogP contribution in [0.2, 0.25) is 37.3 Å². The Balaban J connectivity index is 2.25. The molecule has 0 spiro atoms. The molecule has 2 fully saturated rings. The molecule has 2 saturated heterocycles. The first-order valence-electron chi connectivity index (χ1n) is 10.1. The fourth-order valence-corrected chi connectivity index (χ4v) is 5.27. The summed E-state index contributed by atoms with van der Waals surface area (Å²) in [6, 6.07) is -0.229. The monoisotopic (exact) mass is 417 g/mol. The Morgan fingerprint density at radius 2 is 1.59 bits per heavy atom. The number of carbonyl (C=O) groups excluding carboxylic acids is 1. The standard InChI is InChI=1S/C19H39NO5Si2/c1-12(2)26(7,8)22-11-14-15(25-27(9,10)13(3)4)16-17(18(21)20-14)24-19(5,6)23-16/h12-17H,11H2,1-10H3,(H,20,21)/t14-,15-,16+,17+/m1/s1. The summed E-state index contributed by atoms with van der Waals surface area (Å²) in [6.07, 6.45) is -1.30. The van der Waals surface area contributed by atoms with Crippen molar-refractivity contribution >= 4 is 22.5 Å². The molecule has 2 rings (SSSR count).